The maximum Gasteiger partial charge on any atom is 0.142 e. The Kier molecular flexibility index (Phi) is 3.31. The molecule has 5 aliphatic carbocycles. The molecule has 5 saturated carbocycles. The number of ether oxygens (including phenoxy) is 1. The summed E-state index contributed by atoms with van der Waals surface area (Å²) in [5.41, 5.74) is 2.27. The van der Waals surface area contributed by atoms with Crippen LogP contribution in [-0.2, 0) is 4.79 Å². The number of fused-ring (bicyclic) bond motifs is 1. The number of benzene rings is 1. The van der Waals surface area contributed by atoms with Crippen LogP contribution < -0.4 is 4.74 Å². The smallest absolute Gasteiger partial charge is 0.142 e. The molecule has 0 aliphatic heterocycles. The van der Waals surface area contributed by atoms with Crippen LogP contribution in [-0.4, -0.2) is 17.9 Å². The van der Waals surface area contributed by atoms with Crippen molar-refractivity contribution in [3.63, 3.8) is 0 Å². The molecule has 0 spiro atoms. The molecule has 3 nitrogen and oxygen atoms in total. The van der Waals surface area contributed by atoms with E-state index >= 15 is 0 Å². The van der Waals surface area contributed by atoms with Crippen molar-refractivity contribution in [1.82, 2.24) is 4.98 Å². The number of pyridine rings is 1. The third-order valence-electron chi connectivity index (χ3n) is 8.03. The van der Waals surface area contributed by atoms with E-state index in [2.05, 4.69) is 11.1 Å². The van der Waals surface area contributed by atoms with Crippen molar-refractivity contribution in [3.8, 4) is 5.75 Å². The van der Waals surface area contributed by atoms with Gasteiger partial charge in [-0.15, -0.1) is 0 Å². The van der Waals surface area contributed by atoms with Gasteiger partial charge in [0.25, 0.3) is 0 Å². The van der Waals surface area contributed by atoms with Crippen LogP contribution in [0.1, 0.15) is 56.4 Å². The summed E-state index contributed by atoms with van der Waals surface area (Å²) in [6, 6.07) is 8.22. The molecule has 0 radical (unpaired) electrons. The Morgan fingerprint density at radius 1 is 1.04 bits per heavy atom. The fourth-order valence-corrected chi connectivity index (χ4v) is 7.12. The molecule has 5 fully saturated rings. The SMILES string of the molecule is COc1ccc2ncc(C3CC3C(=O)C34CC5CC(CC(C5)C3)C4)cc2c1. The van der Waals surface area contributed by atoms with Gasteiger partial charge in [-0.2, -0.15) is 0 Å². The Hall–Kier alpha value is -1.90. The van der Waals surface area contributed by atoms with Crippen LogP contribution in [0.25, 0.3) is 10.9 Å². The minimum atomic E-state index is 0.0433. The third-order valence-corrected chi connectivity index (χ3v) is 8.03. The van der Waals surface area contributed by atoms with E-state index in [-0.39, 0.29) is 11.3 Å². The summed E-state index contributed by atoms with van der Waals surface area (Å²) in [6.45, 7) is 0. The van der Waals surface area contributed by atoms with E-state index in [0.29, 0.717) is 11.7 Å². The fourth-order valence-electron chi connectivity index (χ4n) is 7.12. The first-order valence-corrected chi connectivity index (χ1v) is 10.6. The van der Waals surface area contributed by atoms with Gasteiger partial charge in [-0.05, 0) is 98.4 Å². The quantitative estimate of drug-likeness (QED) is 0.757. The number of Topliss-reactive ketones (excluding diaryl/α,β-unsaturated/α-hetero) is 1. The molecule has 1 heterocycles. The van der Waals surface area contributed by atoms with Gasteiger partial charge in [0.2, 0.25) is 0 Å². The third kappa shape index (κ3) is 2.47. The minimum Gasteiger partial charge on any atom is -0.497 e. The summed E-state index contributed by atoms with van der Waals surface area (Å²) in [6.07, 6.45) is 10.8. The molecule has 5 aliphatic rings. The van der Waals surface area contributed by atoms with Crippen LogP contribution in [0.4, 0.5) is 0 Å². The molecule has 140 valence electrons. The highest BCUT2D eigenvalue weighted by Crippen LogP contribution is 2.63. The van der Waals surface area contributed by atoms with Crippen LogP contribution in [0, 0.1) is 29.1 Å². The number of carbonyl (C=O) groups excluding carboxylic acids is 1. The van der Waals surface area contributed by atoms with Crippen LogP contribution in [0.5, 0.6) is 5.75 Å². The number of nitrogens with zero attached hydrogens (tertiary/aromatic N) is 1. The van der Waals surface area contributed by atoms with Crippen LogP contribution in [0.2, 0.25) is 0 Å². The largest absolute Gasteiger partial charge is 0.497 e. The van der Waals surface area contributed by atoms with Gasteiger partial charge in [-0.25, -0.2) is 0 Å². The topological polar surface area (TPSA) is 39.2 Å². The molecular weight excluding hydrogens is 334 g/mol. The lowest BCUT2D eigenvalue weighted by Crippen LogP contribution is -2.50. The van der Waals surface area contributed by atoms with E-state index in [0.717, 1.165) is 40.8 Å². The average molecular weight is 361 g/mol. The molecule has 2 aromatic rings. The van der Waals surface area contributed by atoms with Crippen molar-refractivity contribution >= 4 is 16.7 Å². The van der Waals surface area contributed by atoms with Crippen LogP contribution in [0.3, 0.4) is 0 Å². The van der Waals surface area contributed by atoms with Gasteiger partial charge in [-0.3, -0.25) is 9.78 Å². The summed E-state index contributed by atoms with van der Waals surface area (Å²) in [7, 11) is 1.69. The number of methoxy groups -OCH3 is 1. The molecule has 2 atom stereocenters. The van der Waals surface area contributed by atoms with Gasteiger partial charge in [-0.1, -0.05) is 0 Å². The maximum absolute atomic E-state index is 13.6. The monoisotopic (exact) mass is 361 g/mol. The Bertz CT molecular complexity index is 898. The molecule has 1 aromatic carbocycles. The highest BCUT2D eigenvalue weighted by atomic mass is 16.5. The van der Waals surface area contributed by atoms with E-state index in [1.165, 1.54) is 44.1 Å². The van der Waals surface area contributed by atoms with E-state index in [1.54, 1.807) is 7.11 Å². The molecule has 4 bridgehead atoms. The first-order chi connectivity index (χ1) is 13.1. The Labute approximate surface area is 160 Å². The summed E-state index contributed by atoms with van der Waals surface area (Å²) in [5, 5.41) is 1.11. The van der Waals surface area contributed by atoms with E-state index in [9.17, 15) is 4.79 Å². The zero-order valence-electron chi connectivity index (χ0n) is 16.0. The van der Waals surface area contributed by atoms with E-state index in [1.807, 2.05) is 24.4 Å². The standard InChI is InChI=1S/C24H27NO2/c1-27-19-2-3-22-17(8-19)7-18(13-25-22)20-9-21(20)23(26)24-10-14-4-15(11-24)6-16(5-14)12-24/h2-3,7-8,13-16,20-21H,4-6,9-12H2,1H3. The van der Waals surface area contributed by atoms with Gasteiger partial charge < -0.3 is 4.74 Å². The average Bonchev–Trinajstić information content (AvgIpc) is 3.46. The Morgan fingerprint density at radius 3 is 2.41 bits per heavy atom. The lowest BCUT2D eigenvalue weighted by molar-refractivity contribution is -0.145. The number of aromatic nitrogens is 1. The highest BCUT2D eigenvalue weighted by molar-refractivity contribution is 5.91. The van der Waals surface area contributed by atoms with Crippen LogP contribution in [0.15, 0.2) is 30.5 Å². The molecule has 1 aromatic heterocycles. The molecule has 27 heavy (non-hydrogen) atoms. The maximum atomic E-state index is 13.6. The van der Waals surface area contributed by atoms with E-state index < -0.39 is 0 Å². The lowest BCUT2D eigenvalue weighted by atomic mass is 9.48. The number of hydrogen-bond acceptors (Lipinski definition) is 3. The normalized spacial score (nSPS) is 38.9. The predicted molar refractivity (Wildman–Crippen MR) is 105 cm³/mol. The second-order valence-corrected chi connectivity index (χ2v) is 9.84. The highest BCUT2D eigenvalue weighted by Gasteiger charge is 2.59. The molecule has 2 unspecified atom stereocenters. The van der Waals surface area contributed by atoms with Gasteiger partial charge in [0.1, 0.15) is 11.5 Å². The van der Waals surface area contributed by atoms with Gasteiger partial charge in [0, 0.05) is 22.9 Å². The summed E-state index contributed by atoms with van der Waals surface area (Å²) >= 11 is 0. The molecule has 0 saturated heterocycles. The van der Waals surface area contributed by atoms with Crippen molar-refractivity contribution in [2.75, 3.05) is 7.11 Å². The minimum absolute atomic E-state index is 0.0433. The Balaban J connectivity index is 1.26. The fraction of sp³-hybridized carbons (Fsp3) is 0.583. The molecule has 0 N–H and O–H groups in total. The van der Waals surface area contributed by atoms with Crippen LogP contribution >= 0.6 is 0 Å². The van der Waals surface area contributed by atoms with Crippen molar-refractivity contribution < 1.29 is 9.53 Å². The van der Waals surface area contributed by atoms with Crippen molar-refractivity contribution in [2.24, 2.45) is 29.1 Å². The van der Waals surface area contributed by atoms with Crippen molar-refractivity contribution in [3.05, 3.63) is 36.0 Å². The first-order valence-electron chi connectivity index (χ1n) is 10.6. The molecule has 3 heteroatoms. The van der Waals surface area contributed by atoms with Gasteiger partial charge in [0.05, 0.1) is 12.6 Å². The zero-order chi connectivity index (χ0) is 18.2. The second-order valence-electron chi connectivity index (χ2n) is 9.84. The molecular formula is C24H27NO2. The van der Waals surface area contributed by atoms with Crippen molar-refractivity contribution in [1.29, 1.82) is 0 Å². The summed E-state index contributed by atoms with van der Waals surface area (Å²) in [4.78, 5) is 18.2. The molecule has 0 amide bonds. The van der Waals surface area contributed by atoms with E-state index in [4.69, 9.17) is 4.74 Å². The van der Waals surface area contributed by atoms with Crippen molar-refractivity contribution in [2.45, 2.75) is 50.9 Å². The zero-order valence-corrected chi connectivity index (χ0v) is 16.0. The second kappa shape index (κ2) is 5.56. The Morgan fingerprint density at radius 2 is 1.74 bits per heavy atom. The number of carbonyl (C=O) groups is 1. The number of hydrogen-bond donors (Lipinski definition) is 0. The van der Waals surface area contributed by atoms with Gasteiger partial charge >= 0.3 is 0 Å². The molecule has 7 rings (SSSR count). The first kappa shape index (κ1) is 16.1. The summed E-state index contributed by atoms with van der Waals surface area (Å²) < 4.78 is 5.35. The number of rotatable bonds is 4. The lowest BCUT2D eigenvalue weighted by Gasteiger charge is -2.56. The predicted octanol–water partition coefficient (Wildman–Crippen LogP) is 5.13. The number of ketones is 1. The summed E-state index contributed by atoms with van der Waals surface area (Å²) in [5.74, 6) is 4.61. The van der Waals surface area contributed by atoms with Gasteiger partial charge in [0.15, 0.2) is 0 Å².